The Hall–Kier alpha value is -3.67. The topological polar surface area (TPSA) is 60.2 Å². The van der Waals surface area contributed by atoms with E-state index < -0.39 is 6.10 Å². The van der Waals surface area contributed by atoms with Gasteiger partial charge in [-0.2, -0.15) is 0 Å². The Morgan fingerprint density at radius 2 is 1.69 bits per heavy atom. The average molecular weight is 427 g/mol. The minimum Gasteiger partial charge on any atom is -0.481 e. The third-order valence-electron chi connectivity index (χ3n) is 6.03. The van der Waals surface area contributed by atoms with Crippen molar-refractivity contribution >= 4 is 16.9 Å². The minimum absolute atomic E-state index is 0.0349. The van der Waals surface area contributed by atoms with Gasteiger partial charge in [0.15, 0.2) is 11.9 Å². The monoisotopic (exact) mass is 426 g/mol. The molecule has 1 fully saturated rings. The van der Waals surface area contributed by atoms with Gasteiger partial charge in [0, 0.05) is 25.3 Å². The van der Waals surface area contributed by atoms with E-state index in [1.807, 2.05) is 78.6 Å². The molecule has 6 nitrogen and oxygen atoms in total. The molecule has 1 aliphatic heterocycles. The smallest absolute Gasteiger partial charge is 0.263 e. The molecule has 2 aromatic carbocycles. The number of hydrogen-bond donors (Lipinski definition) is 0. The Morgan fingerprint density at radius 3 is 2.44 bits per heavy atom. The van der Waals surface area contributed by atoms with Crippen molar-refractivity contribution in [2.24, 2.45) is 0 Å². The average Bonchev–Trinajstić information content (AvgIpc) is 3.24. The number of ether oxygens (including phenoxy) is 1. The molecule has 1 amide bonds. The maximum atomic E-state index is 13.0. The second kappa shape index (κ2) is 8.83. The lowest BCUT2D eigenvalue weighted by Gasteiger charge is -2.34. The molecule has 0 spiro atoms. The minimum atomic E-state index is -0.507. The predicted molar refractivity (Wildman–Crippen MR) is 124 cm³/mol. The summed E-state index contributed by atoms with van der Waals surface area (Å²) in [6.07, 6.45) is 3.02. The largest absolute Gasteiger partial charge is 0.481 e. The quantitative estimate of drug-likeness (QED) is 0.463. The van der Waals surface area contributed by atoms with Gasteiger partial charge < -0.3 is 14.2 Å². The fourth-order valence-corrected chi connectivity index (χ4v) is 4.44. The van der Waals surface area contributed by atoms with Crippen LogP contribution in [0.3, 0.4) is 0 Å². The predicted octanol–water partition coefficient (Wildman–Crippen LogP) is 4.73. The van der Waals surface area contributed by atoms with Crippen LogP contribution in [0.4, 0.5) is 0 Å². The number of imidazole rings is 1. The van der Waals surface area contributed by atoms with E-state index >= 15 is 0 Å². The number of rotatable bonds is 5. The van der Waals surface area contributed by atoms with Gasteiger partial charge >= 0.3 is 0 Å². The molecule has 0 N–H and O–H groups in total. The summed E-state index contributed by atoms with van der Waals surface area (Å²) in [5.74, 6) is 1.64. The number of likely N-dealkylation sites (tertiary alicyclic amines) is 1. The molecule has 6 heteroatoms. The number of aromatic nitrogens is 3. The highest BCUT2D eigenvalue weighted by Crippen LogP contribution is 2.33. The molecule has 1 aliphatic rings. The Morgan fingerprint density at radius 1 is 0.969 bits per heavy atom. The highest BCUT2D eigenvalue weighted by atomic mass is 16.5. The molecule has 0 unspecified atom stereocenters. The second-order valence-corrected chi connectivity index (χ2v) is 8.14. The van der Waals surface area contributed by atoms with Crippen LogP contribution in [-0.2, 0) is 4.79 Å². The fraction of sp³-hybridized carbons (Fsp3) is 0.269. The lowest BCUT2D eigenvalue weighted by Crippen LogP contribution is -2.45. The number of carbonyl (C=O) groups is 1. The molecular weight excluding hydrogens is 400 g/mol. The molecule has 2 aromatic heterocycles. The summed E-state index contributed by atoms with van der Waals surface area (Å²) in [6.45, 7) is 3.21. The summed E-state index contributed by atoms with van der Waals surface area (Å²) in [5.41, 5.74) is 2.95. The van der Waals surface area contributed by atoms with Crippen LogP contribution in [0.15, 0.2) is 79.0 Å². The first-order valence-electron chi connectivity index (χ1n) is 11.1. The van der Waals surface area contributed by atoms with E-state index in [9.17, 15) is 4.79 Å². The molecule has 1 saturated heterocycles. The van der Waals surface area contributed by atoms with Gasteiger partial charge in [-0.25, -0.2) is 4.98 Å². The first-order valence-corrected chi connectivity index (χ1v) is 11.1. The van der Waals surface area contributed by atoms with Crippen molar-refractivity contribution in [3.8, 4) is 17.3 Å². The first-order chi connectivity index (χ1) is 15.7. The number of para-hydroxylation sites is 3. The maximum absolute atomic E-state index is 13.0. The van der Waals surface area contributed by atoms with Crippen LogP contribution >= 0.6 is 0 Å². The number of hydrogen-bond acceptors (Lipinski definition) is 4. The number of pyridine rings is 1. The highest BCUT2D eigenvalue weighted by Gasteiger charge is 2.30. The van der Waals surface area contributed by atoms with E-state index in [2.05, 4.69) is 15.6 Å². The molecule has 5 rings (SSSR count). The van der Waals surface area contributed by atoms with Crippen molar-refractivity contribution in [3.05, 3.63) is 79.0 Å². The van der Waals surface area contributed by atoms with Crippen molar-refractivity contribution in [2.75, 3.05) is 13.1 Å². The third-order valence-corrected chi connectivity index (χ3v) is 6.03. The normalized spacial score (nSPS) is 15.6. The Balaban J connectivity index is 1.34. The van der Waals surface area contributed by atoms with Gasteiger partial charge in [0.05, 0.1) is 11.0 Å². The van der Waals surface area contributed by atoms with Gasteiger partial charge in [0.1, 0.15) is 11.4 Å². The lowest BCUT2D eigenvalue weighted by atomic mass is 10.0. The van der Waals surface area contributed by atoms with Crippen LogP contribution in [0, 0.1) is 0 Å². The van der Waals surface area contributed by atoms with E-state index in [1.54, 1.807) is 6.20 Å². The molecule has 162 valence electrons. The molecule has 0 radical (unpaired) electrons. The van der Waals surface area contributed by atoms with Crippen LogP contribution < -0.4 is 4.74 Å². The number of carbonyl (C=O) groups excluding carboxylic acids is 1. The summed E-state index contributed by atoms with van der Waals surface area (Å²) >= 11 is 0. The second-order valence-electron chi connectivity index (χ2n) is 8.14. The molecular formula is C26H26N4O2. The van der Waals surface area contributed by atoms with E-state index in [-0.39, 0.29) is 11.9 Å². The zero-order chi connectivity index (χ0) is 21.9. The lowest BCUT2D eigenvalue weighted by molar-refractivity contribution is -0.139. The van der Waals surface area contributed by atoms with Crippen LogP contribution in [-0.4, -0.2) is 44.5 Å². The molecule has 0 saturated carbocycles. The number of nitrogens with zero attached hydrogens (tertiary/aromatic N) is 4. The number of amides is 1. The van der Waals surface area contributed by atoms with Gasteiger partial charge in [-0.05, 0) is 56.2 Å². The molecule has 4 aromatic rings. The highest BCUT2D eigenvalue weighted by molar-refractivity contribution is 5.81. The summed E-state index contributed by atoms with van der Waals surface area (Å²) in [5, 5.41) is 0. The van der Waals surface area contributed by atoms with Crippen LogP contribution in [0.1, 0.15) is 25.8 Å². The van der Waals surface area contributed by atoms with Gasteiger partial charge in [-0.15, -0.1) is 0 Å². The molecule has 3 heterocycles. The zero-order valence-electron chi connectivity index (χ0n) is 18.1. The summed E-state index contributed by atoms with van der Waals surface area (Å²) in [4.78, 5) is 24.3. The van der Waals surface area contributed by atoms with Crippen molar-refractivity contribution in [2.45, 2.75) is 31.9 Å². The number of benzene rings is 2. The summed E-state index contributed by atoms with van der Waals surface area (Å²) in [7, 11) is 0. The number of piperidine rings is 1. The third kappa shape index (κ3) is 3.96. The first kappa shape index (κ1) is 20.2. The van der Waals surface area contributed by atoms with Crippen molar-refractivity contribution < 1.29 is 9.53 Å². The van der Waals surface area contributed by atoms with Gasteiger partial charge in [-0.1, -0.05) is 36.4 Å². The number of fused-ring (bicyclic) bond motifs is 1. The Labute approximate surface area is 187 Å². The van der Waals surface area contributed by atoms with E-state index in [4.69, 9.17) is 9.72 Å². The van der Waals surface area contributed by atoms with Crippen molar-refractivity contribution in [1.29, 1.82) is 0 Å². The fourth-order valence-electron chi connectivity index (χ4n) is 4.44. The molecule has 32 heavy (non-hydrogen) atoms. The van der Waals surface area contributed by atoms with Gasteiger partial charge in [-0.3, -0.25) is 9.78 Å². The van der Waals surface area contributed by atoms with Crippen LogP contribution in [0.2, 0.25) is 0 Å². The molecule has 1 atom stereocenters. The van der Waals surface area contributed by atoms with E-state index in [0.29, 0.717) is 18.8 Å². The van der Waals surface area contributed by atoms with Crippen LogP contribution in [0.25, 0.3) is 22.6 Å². The van der Waals surface area contributed by atoms with Gasteiger partial charge in [0.25, 0.3) is 5.91 Å². The Bertz CT molecular complexity index is 1200. The SMILES string of the molecule is C[C@H](Oc1ccccc1)C(=O)N1CCC(n2c(-c3ccccn3)nc3ccccc32)CC1. The van der Waals surface area contributed by atoms with E-state index in [0.717, 1.165) is 35.4 Å². The summed E-state index contributed by atoms with van der Waals surface area (Å²) in [6, 6.07) is 23.9. The van der Waals surface area contributed by atoms with Gasteiger partial charge in [0.2, 0.25) is 0 Å². The maximum Gasteiger partial charge on any atom is 0.263 e. The van der Waals surface area contributed by atoms with E-state index in [1.165, 1.54) is 0 Å². The Kier molecular flexibility index (Phi) is 5.58. The van der Waals surface area contributed by atoms with Crippen molar-refractivity contribution in [3.63, 3.8) is 0 Å². The zero-order valence-corrected chi connectivity index (χ0v) is 18.1. The van der Waals surface area contributed by atoms with Crippen LogP contribution in [0.5, 0.6) is 5.75 Å². The molecule has 0 bridgehead atoms. The molecule has 0 aliphatic carbocycles. The summed E-state index contributed by atoms with van der Waals surface area (Å²) < 4.78 is 8.16. The van der Waals surface area contributed by atoms with Crippen molar-refractivity contribution in [1.82, 2.24) is 19.4 Å². The standard InChI is InChI=1S/C26H26N4O2/c1-19(32-21-9-3-2-4-10-21)26(31)29-17-14-20(15-18-29)30-24-13-6-5-11-22(24)28-25(30)23-12-7-8-16-27-23/h2-13,16,19-20H,14-15,17-18H2,1H3/t19-/m0/s1.